The standard InChI is InChI=1S/C20H19N3O4S/c24-18(22-19-21-15(13-28-19)17-9-5-11-26-17)16-8-4-10-23(16)20(25)27-12-14-6-2-1-3-7-14/h1-3,5-7,9,11,13,16H,4,8,10,12H2,(H,21,22,24). The van der Waals surface area contributed by atoms with E-state index >= 15 is 0 Å². The van der Waals surface area contributed by atoms with Gasteiger partial charge in [0.15, 0.2) is 10.9 Å². The minimum Gasteiger partial charge on any atom is -0.463 e. The molecule has 0 bridgehead atoms. The van der Waals surface area contributed by atoms with Gasteiger partial charge in [-0.15, -0.1) is 11.3 Å². The summed E-state index contributed by atoms with van der Waals surface area (Å²) in [5.74, 6) is 0.387. The first-order valence-electron chi connectivity index (χ1n) is 8.98. The van der Waals surface area contributed by atoms with E-state index in [0.29, 0.717) is 29.6 Å². The van der Waals surface area contributed by atoms with Gasteiger partial charge in [0.1, 0.15) is 18.3 Å². The predicted octanol–water partition coefficient (Wildman–Crippen LogP) is 4.14. The smallest absolute Gasteiger partial charge is 0.410 e. The number of ether oxygens (including phenoxy) is 1. The summed E-state index contributed by atoms with van der Waals surface area (Å²) in [6.45, 7) is 0.685. The van der Waals surface area contributed by atoms with Crippen LogP contribution in [0.3, 0.4) is 0 Å². The third-order valence-corrected chi connectivity index (χ3v) is 5.26. The van der Waals surface area contributed by atoms with E-state index in [2.05, 4.69) is 10.3 Å². The van der Waals surface area contributed by atoms with Gasteiger partial charge in [-0.2, -0.15) is 0 Å². The number of rotatable bonds is 5. The van der Waals surface area contributed by atoms with E-state index in [0.717, 1.165) is 12.0 Å². The predicted molar refractivity (Wildman–Crippen MR) is 105 cm³/mol. The van der Waals surface area contributed by atoms with Gasteiger partial charge in [0, 0.05) is 11.9 Å². The summed E-state index contributed by atoms with van der Waals surface area (Å²) in [5.41, 5.74) is 1.57. The lowest BCUT2D eigenvalue weighted by atomic mass is 10.2. The number of hydrogen-bond acceptors (Lipinski definition) is 6. The van der Waals surface area contributed by atoms with Crippen LogP contribution in [-0.4, -0.2) is 34.5 Å². The Morgan fingerprint density at radius 1 is 1.25 bits per heavy atom. The minimum absolute atomic E-state index is 0.184. The fourth-order valence-electron chi connectivity index (χ4n) is 3.12. The average Bonchev–Trinajstić information content (AvgIpc) is 3.47. The number of carbonyl (C=O) groups is 2. The van der Waals surface area contributed by atoms with Crippen LogP contribution in [0.2, 0.25) is 0 Å². The molecule has 0 aliphatic carbocycles. The van der Waals surface area contributed by atoms with Gasteiger partial charge >= 0.3 is 6.09 Å². The lowest BCUT2D eigenvalue weighted by Gasteiger charge is -2.22. The maximum atomic E-state index is 12.7. The monoisotopic (exact) mass is 397 g/mol. The molecular formula is C20H19N3O4S. The van der Waals surface area contributed by atoms with Crippen molar-refractivity contribution in [3.63, 3.8) is 0 Å². The van der Waals surface area contributed by atoms with Crippen LogP contribution in [0.15, 0.2) is 58.5 Å². The number of anilines is 1. The number of likely N-dealkylation sites (tertiary alicyclic amines) is 1. The molecule has 0 spiro atoms. The summed E-state index contributed by atoms with van der Waals surface area (Å²) < 4.78 is 10.7. The van der Waals surface area contributed by atoms with Crippen molar-refractivity contribution in [1.82, 2.24) is 9.88 Å². The fourth-order valence-corrected chi connectivity index (χ4v) is 3.82. The zero-order chi connectivity index (χ0) is 19.3. The Morgan fingerprint density at radius 2 is 2.11 bits per heavy atom. The number of carbonyl (C=O) groups excluding carboxylic acids is 2. The van der Waals surface area contributed by atoms with Gasteiger partial charge in [0.25, 0.3) is 0 Å². The average molecular weight is 397 g/mol. The molecule has 7 nitrogen and oxygen atoms in total. The van der Waals surface area contributed by atoms with Crippen molar-refractivity contribution in [3.05, 3.63) is 59.7 Å². The molecule has 3 heterocycles. The number of hydrogen-bond donors (Lipinski definition) is 1. The summed E-state index contributed by atoms with van der Waals surface area (Å²) in [5, 5.41) is 5.09. The quantitative estimate of drug-likeness (QED) is 0.699. The third kappa shape index (κ3) is 4.07. The van der Waals surface area contributed by atoms with E-state index in [1.54, 1.807) is 12.3 Å². The topological polar surface area (TPSA) is 84.7 Å². The highest BCUT2D eigenvalue weighted by atomic mass is 32.1. The number of furan rings is 1. The largest absolute Gasteiger partial charge is 0.463 e. The molecule has 1 aliphatic rings. The second-order valence-electron chi connectivity index (χ2n) is 6.40. The summed E-state index contributed by atoms with van der Waals surface area (Å²) in [4.78, 5) is 31.0. The van der Waals surface area contributed by atoms with Crippen molar-refractivity contribution in [2.24, 2.45) is 0 Å². The highest BCUT2D eigenvalue weighted by Crippen LogP contribution is 2.26. The number of amides is 2. The highest BCUT2D eigenvalue weighted by molar-refractivity contribution is 7.14. The van der Waals surface area contributed by atoms with Crippen molar-refractivity contribution >= 4 is 28.5 Å². The van der Waals surface area contributed by atoms with Crippen LogP contribution in [0.25, 0.3) is 11.5 Å². The van der Waals surface area contributed by atoms with Crippen molar-refractivity contribution < 1.29 is 18.7 Å². The van der Waals surface area contributed by atoms with Crippen LogP contribution >= 0.6 is 11.3 Å². The van der Waals surface area contributed by atoms with Crippen LogP contribution in [0.1, 0.15) is 18.4 Å². The highest BCUT2D eigenvalue weighted by Gasteiger charge is 2.35. The van der Waals surface area contributed by atoms with Crippen LogP contribution in [-0.2, 0) is 16.1 Å². The molecular weight excluding hydrogens is 378 g/mol. The number of nitrogens with one attached hydrogen (secondary N) is 1. The molecule has 0 saturated carbocycles. The Balaban J connectivity index is 1.36. The second kappa shape index (κ2) is 8.26. The summed E-state index contributed by atoms with van der Waals surface area (Å²) in [7, 11) is 0. The maximum absolute atomic E-state index is 12.7. The Hall–Kier alpha value is -3.13. The normalized spacial score (nSPS) is 16.1. The van der Waals surface area contributed by atoms with E-state index in [9.17, 15) is 9.59 Å². The van der Waals surface area contributed by atoms with Crippen molar-refractivity contribution in [2.75, 3.05) is 11.9 Å². The molecule has 1 atom stereocenters. The van der Waals surface area contributed by atoms with E-state index in [1.165, 1.54) is 16.2 Å². The molecule has 1 N–H and O–H groups in total. The number of benzene rings is 1. The van der Waals surface area contributed by atoms with Crippen molar-refractivity contribution in [1.29, 1.82) is 0 Å². The van der Waals surface area contributed by atoms with E-state index in [4.69, 9.17) is 9.15 Å². The minimum atomic E-state index is -0.556. The second-order valence-corrected chi connectivity index (χ2v) is 7.25. The van der Waals surface area contributed by atoms with Gasteiger partial charge in [-0.25, -0.2) is 9.78 Å². The summed E-state index contributed by atoms with van der Waals surface area (Å²) in [6, 6.07) is 12.5. The molecule has 8 heteroatoms. The first-order valence-corrected chi connectivity index (χ1v) is 9.86. The molecule has 1 aliphatic heterocycles. The molecule has 1 saturated heterocycles. The summed E-state index contributed by atoms with van der Waals surface area (Å²) in [6.07, 6.45) is 2.46. The van der Waals surface area contributed by atoms with Gasteiger partial charge in [0.05, 0.1) is 6.26 Å². The number of thiazole rings is 1. The van der Waals surface area contributed by atoms with Gasteiger partial charge in [-0.1, -0.05) is 30.3 Å². The lowest BCUT2D eigenvalue weighted by molar-refractivity contribution is -0.120. The Bertz CT molecular complexity index is 940. The third-order valence-electron chi connectivity index (χ3n) is 4.50. The summed E-state index contributed by atoms with van der Waals surface area (Å²) >= 11 is 1.31. The van der Waals surface area contributed by atoms with Gasteiger partial charge < -0.3 is 14.5 Å². The zero-order valence-electron chi connectivity index (χ0n) is 15.0. The Morgan fingerprint density at radius 3 is 2.89 bits per heavy atom. The van der Waals surface area contributed by atoms with Crippen LogP contribution in [0.5, 0.6) is 0 Å². The van der Waals surface area contributed by atoms with E-state index in [-0.39, 0.29) is 12.5 Å². The molecule has 2 aromatic heterocycles. The molecule has 0 radical (unpaired) electrons. The zero-order valence-corrected chi connectivity index (χ0v) is 15.9. The maximum Gasteiger partial charge on any atom is 0.410 e. The van der Waals surface area contributed by atoms with Gasteiger partial charge in [0.2, 0.25) is 5.91 Å². The van der Waals surface area contributed by atoms with E-state index < -0.39 is 12.1 Å². The van der Waals surface area contributed by atoms with Gasteiger partial charge in [-0.05, 0) is 30.5 Å². The first kappa shape index (κ1) is 18.2. The Kier molecular flexibility index (Phi) is 5.38. The molecule has 2 amide bonds. The molecule has 1 fully saturated rings. The molecule has 4 rings (SSSR count). The first-order chi connectivity index (χ1) is 13.7. The lowest BCUT2D eigenvalue weighted by Crippen LogP contribution is -2.43. The van der Waals surface area contributed by atoms with E-state index in [1.807, 2.05) is 41.8 Å². The van der Waals surface area contributed by atoms with Gasteiger partial charge in [-0.3, -0.25) is 9.69 Å². The van der Waals surface area contributed by atoms with Crippen LogP contribution in [0.4, 0.5) is 9.93 Å². The molecule has 1 aromatic carbocycles. The van der Waals surface area contributed by atoms with Crippen LogP contribution in [0, 0.1) is 0 Å². The molecule has 144 valence electrons. The van der Waals surface area contributed by atoms with Crippen LogP contribution < -0.4 is 5.32 Å². The Labute approximate surface area is 165 Å². The molecule has 28 heavy (non-hydrogen) atoms. The SMILES string of the molecule is O=C(Nc1nc(-c2ccco2)cs1)C1CCCN1C(=O)OCc1ccccc1. The number of aromatic nitrogens is 1. The molecule has 1 unspecified atom stereocenters. The number of nitrogens with zero attached hydrogens (tertiary/aromatic N) is 2. The fraction of sp³-hybridized carbons (Fsp3) is 0.250. The molecule has 3 aromatic rings. The van der Waals surface area contributed by atoms with Crippen molar-refractivity contribution in [2.45, 2.75) is 25.5 Å². The van der Waals surface area contributed by atoms with Crippen molar-refractivity contribution in [3.8, 4) is 11.5 Å².